The van der Waals surface area contributed by atoms with Crippen molar-refractivity contribution in [3.63, 3.8) is 0 Å². The highest BCUT2D eigenvalue weighted by Gasteiger charge is 2.12. The lowest BCUT2D eigenvalue weighted by molar-refractivity contribution is -0.121. The molecule has 114 valence electrons. The largest absolute Gasteiger partial charge is 0.356 e. The third-order valence-corrected chi connectivity index (χ3v) is 3.70. The molecular weight excluding hydrogens is 286 g/mol. The minimum absolute atomic E-state index is 0.0863. The van der Waals surface area contributed by atoms with Crippen LogP contribution in [0.3, 0.4) is 0 Å². The molecule has 5 heteroatoms. The zero-order valence-corrected chi connectivity index (χ0v) is 13.4. The molecule has 2 aromatic rings. The molecule has 0 aliphatic heterocycles. The molecule has 0 saturated carbocycles. The van der Waals surface area contributed by atoms with E-state index in [1.54, 1.807) is 0 Å². The van der Waals surface area contributed by atoms with Gasteiger partial charge in [-0.25, -0.2) is 4.98 Å². The summed E-state index contributed by atoms with van der Waals surface area (Å²) in [7, 11) is 0. The van der Waals surface area contributed by atoms with Gasteiger partial charge in [-0.1, -0.05) is 19.1 Å². The highest BCUT2D eigenvalue weighted by Crippen LogP contribution is 2.20. The van der Waals surface area contributed by atoms with Gasteiger partial charge in [0.1, 0.15) is 5.82 Å². The van der Waals surface area contributed by atoms with Crippen LogP contribution in [0.2, 0.25) is 0 Å². The summed E-state index contributed by atoms with van der Waals surface area (Å²) >= 11 is 5.87. The Bertz CT molecular complexity index is 621. The lowest BCUT2D eigenvalue weighted by Crippen LogP contribution is -2.25. The predicted molar refractivity (Wildman–Crippen MR) is 86.8 cm³/mol. The summed E-state index contributed by atoms with van der Waals surface area (Å²) in [4.78, 5) is 16.5. The molecule has 0 bridgehead atoms. The number of alkyl halides is 1. The third-order valence-electron chi connectivity index (χ3n) is 3.51. The lowest BCUT2D eigenvalue weighted by atomic mass is 10.2. The van der Waals surface area contributed by atoms with E-state index in [1.807, 2.05) is 13.0 Å². The number of carbonyl (C=O) groups is 1. The second kappa shape index (κ2) is 7.46. The SMILES string of the molecule is CCCNC(=O)CCn1c(CCCl)nc2c(C)cccc21. The number of aromatic nitrogens is 2. The maximum atomic E-state index is 11.8. The van der Waals surface area contributed by atoms with E-state index in [0.29, 0.717) is 25.3 Å². The first-order valence-electron chi connectivity index (χ1n) is 7.44. The van der Waals surface area contributed by atoms with Crippen LogP contribution in [0.5, 0.6) is 0 Å². The van der Waals surface area contributed by atoms with Crippen LogP contribution in [-0.4, -0.2) is 27.9 Å². The summed E-state index contributed by atoms with van der Waals surface area (Å²) in [6, 6.07) is 6.13. The molecule has 2 rings (SSSR count). The van der Waals surface area contributed by atoms with Crippen molar-refractivity contribution in [2.75, 3.05) is 12.4 Å². The van der Waals surface area contributed by atoms with Crippen molar-refractivity contribution < 1.29 is 4.79 Å². The van der Waals surface area contributed by atoms with Gasteiger partial charge in [-0.2, -0.15) is 0 Å². The first-order valence-corrected chi connectivity index (χ1v) is 7.98. The highest BCUT2D eigenvalue weighted by atomic mass is 35.5. The van der Waals surface area contributed by atoms with Crippen LogP contribution in [0, 0.1) is 6.92 Å². The van der Waals surface area contributed by atoms with Crippen molar-refractivity contribution in [2.24, 2.45) is 0 Å². The van der Waals surface area contributed by atoms with E-state index in [1.165, 1.54) is 0 Å². The van der Waals surface area contributed by atoms with Crippen LogP contribution in [-0.2, 0) is 17.8 Å². The Kier molecular flexibility index (Phi) is 5.62. The van der Waals surface area contributed by atoms with Crippen LogP contribution in [0.25, 0.3) is 11.0 Å². The average molecular weight is 308 g/mol. The fraction of sp³-hybridized carbons (Fsp3) is 0.500. The number of benzene rings is 1. The fourth-order valence-corrected chi connectivity index (χ4v) is 2.60. The van der Waals surface area contributed by atoms with Crippen molar-refractivity contribution in [2.45, 2.75) is 39.7 Å². The van der Waals surface area contributed by atoms with E-state index < -0.39 is 0 Å². The second-order valence-electron chi connectivity index (χ2n) is 5.16. The molecule has 0 saturated heterocycles. The first-order chi connectivity index (χ1) is 10.2. The number of hydrogen-bond donors (Lipinski definition) is 1. The van der Waals surface area contributed by atoms with E-state index >= 15 is 0 Å². The van der Waals surface area contributed by atoms with Crippen molar-refractivity contribution in [1.29, 1.82) is 0 Å². The first kappa shape index (κ1) is 15.8. The summed E-state index contributed by atoms with van der Waals surface area (Å²) in [5.74, 6) is 1.57. The molecule has 0 atom stereocenters. The Balaban J connectivity index is 2.22. The Morgan fingerprint density at radius 3 is 2.95 bits per heavy atom. The topological polar surface area (TPSA) is 46.9 Å². The summed E-state index contributed by atoms with van der Waals surface area (Å²) in [6.45, 7) is 5.47. The van der Waals surface area contributed by atoms with Crippen LogP contribution < -0.4 is 5.32 Å². The number of aryl methyl sites for hydroxylation is 3. The molecule has 0 aliphatic rings. The van der Waals surface area contributed by atoms with Crippen molar-refractivity contribution in [3.05, 3.63) is 29.6 Å². The molecule has 0 aliphatic carbocycles. The summed E-state index contributed by atoms with van der Waals surface area (Å²) < 4.78 is 2.12. The number of rotatable bonds is 7. The Morgan fingerprint density at radius 1 is 1.43 bits per heavy atom. The number of amides is 1. The molecule has 4 nitrogen and oxygen atoms in total. The molecule has 1 aromatic carbocycles. The highest BCUT2D eigenvalue weighted by molar-refractivity contribution is 6.17. The average Bonchev–Trinajstić information content (AvgIpc) is 2.82. The number of hydrogen-bond acceptors (Lipinski definition) is 2. The van der Waals surface area contributed by atoms with Gasteiger partial charge in [-0.3, -0.25) is 4.79 Å². The van der Waals surface area contributed by atoms with Gasteiger partial charge in [-0.15, -0.1) is 11.6 Å². The number of nitrogens with one attached hydrogen (secondary N) is 1. The molecule has 0 spiro atoms. The fourth-order valence-electron chi connectivity index (χ4n) is 2.43. The second-order valence-corrected chi connectivity index (χ2v) is 5.54. The number of carbonyl (C=O) groups excluding carboxylic acids is 1. The summed E-state index contributed by atoms with van der Waals surface area (Å²) in [5.41, 5.74) is 3.24. The maximum absolute atomic E-state index is 11.8. The smallest absolute Gasteiger partial charge is 0.221 e. The van der Waals surface area contributed by atoms with Crippen molar-refractivity contribution in [3.8, 4) is 0 Å². The third kappa shape index (κ3) is 3.76. The van der Waals surface area contributed by atoms with Crippen LogP contribution in [0.1, 0.15) is 31.2 Å². The normalized spacial score (nSPS) is 11.0. The quantitative estimate of drug-likeness (QED) is 0.799. The number of halogens is 1. The van der Waals surface area contributed by atoms with Gasteiger partial charge < -0.3 is 9.88 Å². The van der Waals surface area contributed by atoms with Crippen molar-refractivity contribution >= 4 is 28.5 Å². The van der Waals surface area contributed by atoms with E-state index in [-0.39, 0.29) is 5.91 Å². The molecule has 0 fully saturated rings. The van der Waals surface area contributed by atoms with Crippen LogP contribution in [0.4, 0.5) is 0 Å². The Hall–Kier alpha value is -1.55. The van der Waals surface area contributed by atoms with Gasteiger partial charge in [0.05, 0.1) is 11.0 Å². The molecule has 21 heavy (non-hydrogen) atoms. The van der Waals surface area contributed by atoms with E-state index in [9.17, 15) is 4.79 Å². The summed E-state index contributed by atoms with van der Waals surface area (Å²) in [6.07, 6.45) is 2.14. The van der Waals surface area contributed by atoms with Crippen LogP contribution >= 0.6 is 11.6 Å². The van der Waals surface area contributed by atoms with Gasteiger partial charge in [0.2, 0.25) is 5.91 Å². The maximum Gasteiger partial charge on any atom is 0.221 e. The zero-order valence-electron chi connectivity index (χ0n) is 12.7. The Morgan fingerprint density at radius 2 is 2.24 bits per heavy atom. The van der Waals surface area contributed by atoms with Crippen LogP contribution in [0.15, 0.2) is 18.2 Å². The van der Waals surface area contributed by atoms with Crippen molar-refractivity contribution in [1.82, 2.24) is 14.9 Å². The van der Waals surface area contributed by atoms with Gasteiger partial charge in [0, 0.05) is 31.8 Å². The molecular formula is C16H22ClN3O. The number of para-hydroxylation sites is 1. The summed E-state index contributed by atoms with van der Waals surface area (Å²) in [5, 5.41) is 2.91. The number of nitrogens with zero attached hydrogens (tertiary/aromatic N) is 2. The van der Waals surface area contributed by atoms with E-state index in [0.717, 1.165) is 35.4 Å². The molecule has 1 N–H and O–H groups in total. The van der Waals surface area contributed by atoms with Gasteiger partial charge in [0.25, 0.3) is 0 Å². The van der Waals surface area contributed by atoms with Gasteiger partial charge >= 0.3 is 0 Å². The lowest BCUT2D eigenvalue weighted by Gasteiger charge is -2.09. The number of fused-ring (bicyclic) bond motifs is 1. The zero-order chi connectivity index (χ0) is 15.2. The molecule has 0 unspecified atom stereocenters. The predicted octanol–water partition coefficient (Wildman–Crippen LogP) is 3.04. The molecule has 1 heterocycles. The minimum atomic E-state index is 0.0863. The minimum Gasteiger partial charge on any atom is -0.356 e. The molecule has 1 aromatic heterocycles. The van der Waals surface area contributed by atoms with Gasteiger partial charge in [0.15, 0.2) is 0 Å². The Labute approximate surface area is 130 Å². The number of imidazole rings is 1. The molecule has 1 amide bonds. The van der Waals surface area contributed by atoms with Gasteiger partial charge in [-0.05, 0) is 25.0 Å². The standard InChI is InChI=1S/C16H22ClN3O/c1-3-10-18-15(21)8-11-20-13-6-4-5-12(2)16(13)19-14(20)7-9-17/h4-6H,3,7-11H2,1-2H3,(H,18,21). The van der Waals surface area contributed by atoms with E-state index in [2.05, 4.69) is 33.9 Å². The monoisotopic (exact) mass is 307 g/mol. The van der Waals surface area contributed by atoms with E-state index in [4.69, 9.17) is 11.6 Å². The molecule has 0 radical (unpaired) electrons.